The molecule has 4 nitrogen and oxygen atoms in total. The molecule has 0 heterocycles. The molecule has 2 aromatic carbocycles. The predicted molar refractivity (Wildman–Crippen MR) is 80.7 cm³/mol. The van der Waals surface area contributed by atoms with Crippen LogP contribution in [0.4, 0.5) is 5.69 Å². The summed E-state index contributed by atoms with van der Waals surface area (Å²) in [6.45, 7) is 0. The number of benzene rings is 2. The largest absolute Gasteiger partial charge is 0.481 e. The molecule has 4 heteroatoms. The maximum absolute atomic E-state index is 11.1. The molecule has 0 spiro atoms. The van der Waals surface area contributed by atoms with Gasteiger partial charge in [-0.3, -0.25) is 4.79 Å². The molecule has 0 aromatic heterocycles. The van der Waals surface area contributed by atoms with Crippen LogP contribution in [0.5, 0.6) is 11.5 Å². The molecule has 0 radical (unpaired) electrons. The van der Waals surface area contributed by atoms with Crippen LogP contribution in [-0.2, 0) is 4.79 Å². The molecule has 1 fully saturated rings. The van der Waals surface area contributed by atoms with Gasteiger partial charge in [0, 0.05) is 6.04 Å². The van der Waals surface area contributed by atoms with Gasteiger partial charge in [-0.1, -0.05) is 30.3 Å². The monoisotopic (exact) mass is 283 g/mol. The molecule has 1 aliphatic rings. The Morgan fingerprint density at radius 3 is 2.43 bits per heavy atom. The molecule has 21 heavy (non-hydrogen) atoms. The Bertz CT molecular complexity index is 627. The van der Waals surface area contributed by atoms with Crippen molar-refractivity contribution in [3.63, 3.8) is 0 Å². The van der Waals surface area contributed by atoms with Gasteiger partial charge in [0.2, 0.25) is 0 Å². The number of ether oxygens (including phenoxy) is 1. The van der Waals surface area contributed by atoms with Crippen LogP contribution in [0, 0.1) is 5.92 Å². The minimum atomic E-state index is -0.736. The zero-order chi connectivity index (χ0) is 14.7. The summed E-state index contributed by atoms with van der Waals surface area (Å²) in [7, 11) is 0. The van der Waals surface area contributed by atoms with E-state index in [1.807, 2.05) is 54.6 Å². The number of para-hydroxylation sites is 3. The maximum atomic E-state index is 11.1. The first-order valence-electron chi connectivity index (χ1n) is 7.05. The summed E-state index contributed by atoms with van der Waals surface area (Å²) in [5.41, 5.74) is 0.831. The molecule has 0 amide bonds. The number of hydrogen-bond donors (Lipinski definition) is 2. The number of anilines is 1. The normalized spacial score (nSPS) is 20.4. The highest BCUT2D eigenvalue weighted by atomic mass is 16.5. The van der Waals surface area contributed by atoms with Crippen LogP contribution < -0.4 is 10.1 Å². The van der Waals surface area contributed by atoms with Crippen LogP contribution >= 0.6 is 0 Å². The van der Waals surface area contributed by atoms with Crippen LogP contribution in [0.2, 0.25) is 0 Å². The topological polar surface area (TPSA) is 58.6 Å². The average Bonchev–Trinajstić information content (AvgIpc) is 2.45. The number of carboxylic acid groups (broad SMARTS) is 1. The molecular formula is C17H17NO3. The Hall–Kier alpha value is -2.49. The van der Waals surface area contributed by atoms with Crippen molar-refractivity contribution in [2.45, 2.75) is 18.9 Å². The molecule has 1 saturated carbocycles. The van der Waals surface area contributed by atoms with Crippen LogP contribution in [0.15, 0.2) is 54.6 Å². The average molecular weight is 283 g/mol. The standard InChI is InChI=1S/C17H17NO3/c19-17(20)13-10-11-14(13)18-15-8-4-5-9-16(15)21-12-6-2-1-3-7-12/h1-9,13-14,18H,10-11H2,(H,19,20). The zero-order valence-corrected chi connectivity index (χ0v) is 11.5. The van der Waals surface area contributed by atoms with Crippen LogP contribution in [0.25, 0.3) is 0 Å². The van der Waals surface area contributed by atoms with Gasteiger partial charge < -0.3 is 15.2 Å². The summed E-state index contributed by atoms with van der Waals surface area (Å²) in [5.74, 6) is 0.421. The summed E-state index contributed by atoms with van der Waals surface area (Å²) < 4.78 is 5.86. The van der Waals surface area contributed by atoms with Gasteiger partial charge in [-0.05, 0) is 37.1 Å². The predicted octanol–water partition coefficient (Wildman–Crippen LogP) is 3.75. The third-order valence-corrected chi connectivity index (χ3v) is 3.79. The minimum Gasteiger partial charge on any atom is -0.481 e. The highest BCUT2D eigenvalue weighted by Gasteiger charge is 2.36. The first-order valence-corrected chi connectivity index (χ1v) is 7.05. The van der Waals surface area contributed by atoms with Crippen molar-refractivity contribution in [1.82, 2.24) is 0 Å². The lowest BCUT2D eigenvalue weighted by molar-refractivity contribution is -0.144. The highest BCUT2D eigenvalue weighted by Crippen LogP contribution is 2.35. The van der Waals surface area contributed by atoms with Gasteiger partial charge in [-0.15, -0.1) is 0 Å². The summed E-state index contributed by atoms with van der Waals surface area (Å²) in [6.07, 6.45) is 1.60. The van der Waals surface area contributed by atoms with Crippen molar-refractivity contribution in [2.75, 3.05) is 5.32 Å². The minimum absolute atomic E-state index is 0.0250. The fourth-order valence-corrected chi connectivity index (χ4v) is 2.46. The first-order chi connectivity index (χ1) is 10.2. The van der Waals surface area contributed by atoms with Crippen molar-refractivity contribution in [1.29, 1.82) is 0 Å². The lowest BCUT2D eigenvalue weighted by Gasteiger charge is -2.35. The van der Waals surface area contributed by atoms with E-state index in [0.717, 1.165) is 24.3 Å². The van der Waals surface area contributed by atoms with E-state index in [0.29, 0.717) is 5.75 Å². The quantitative estimate of drug-likeness (QED) is 0.877. The molecule has 1 aliphatic carbocycles. The number of carboxylic acids is 1. The summed E-state index contributed by atoms with van der Waals surface area (Å²) in [4.78, 5) is 11.1. The van der Waals surface area contributed by atoms with Crippen LogP contribution in [-0.4, -0.2) is 17.1 Å². The van der Waals surface area contributed by atoms with Crippen molar-refractivity contribution in [3.8, 4) is 11.5 Å². The van der Waals surface area contributed by atoms with Crippen molar-refractivity contribution in [2.24, 2.45) is 5.92 Å². The second kappa shape index (κ2) is 5.87. The van der Waals surface area contributed by atoms with Crippen LogP contribution in [0.3, 0.4) is 0 Å². The lowest BCUT2D eigenvalue weighted by Crippen LogP contribution is -2.43. The molecule has 2 aromatic rings. The number of aliphatic carboxylic acids is 1. The molecule has 3 rings (SSSR count). The van der Waals surface area contributed by atoms with E-state index in [-0.39, 0.29) is 12.0 Å². The van der Waals surface area contributed by atoms with Gasteiger partial charge >= 0.3 is 5.97 Å². The Kier molecular flexibility index (Phi) is 3.77. The van der Waals surface area contributed by atoms with Crippen molar-refractivity contribution >= 4 is 11.7 Å². The SMILES string of the molecule is O=C(O)C1CCC1Nc1ccccc1Oc1ccccc1. The van der Waals surface area contributed by atoms with E-state index in [9.17, 15) is 4.79 Å². The Morgan fingerprint density at radius 2 is 1.76 bits per heavy atom. The van der Waals surface area contributed by atoms with Gasteiger partial charge in [-0.25, -0.2) is 0 Å². The van der Waals surface area contributed by atoms with Gasteiger partial charge in [0.1, 0.15) is 5.75 Å². The van der Waals surface area contributed by atoms with Gasteiger partial charge in [0.15, 0.2) is 5.75 Å². The van der Waals surface area contributed by atoms with E-state index >= 15 is 0 Å². The van der Waals surface area contributed by atoms with E-state index in [4.69, 9.17) is 9.84 Å². The summed E-state index contributed by atoms with van der Waals surface area (Å²) in [6, 6.07) is 17.1. The van der Waals surface area contributed by atoms with E-state index in [1.54, 1.807) is 0 Å². The van der Waals surface area contributed by atoms with Gasteiger partial charge in [0.25, 0.3) is 0 Å². The second-order valence-electron chi connectivity index (χ2n) is 5.18. The van der Waals surface area contributed by atoms with E-state index in [1.165, 1.54) is 0 Å². The Morgan fingerprint density at radius 1 is 1.05 bits per heavy atom. The summed E-state index contributed by atoms with van der Waals surface area (Å²) in [5, 5.41) is 12.4. The third kappa shape index (κ3) is 2.99. The highest BCUT2D eigenvalue weighted by molar-refractivity contribution is 5.73. The lowest BCUT2D eigenvalue weighted by atomic mass is 9.79. The van der Waals surface area contributed by atoms with Crippen molar-refractivity contribution in [3.05, 3.63) is 54.6 Å². The fourth-order valence-electron chi connectivity index (χ4n) is 2.46. The van der Waals surface area contributed by atoms with E-state index in [2.05, 4.69) is 5.32 Å². The second-order valence-corrected chi connectivity index (χ2v) is 5.18. The number of carbonyl (C=O) groups is 1. The molecule has 2 N–H and O–H groups in total. The Labute approximate surface area is 123 Å². The third-order valence-electron chi connectivity index (χ3n) is 3.79. The van der Waals surface area contributed by atoms with Gasteiger partial charge in [0.05, 0.1) is 11.6 Å². The smallest absolute Gasteiger partial charge is 0.308 e. The molecule has 0 aliphatic heterocycles. The maximum Gasteiger partial charge on any atom is 0.308 e. The number of nitrogens with one attached hydrogen (secondary N) is 1. The molecular weight excluding hydrogens is 266 g/mol. The van der Waals surface area contributed by atoms with Crippen molar-refractivity contribution < 1.29 is 14.6 Å². The van der Waals surface area contributed by atoms with Crippen LogP contribution in [0.1, 0.15) is 12.8 Å². The summed E-state index contributed by atoms with van der Waals surface area (Å²) >= 11 is 0. The van der Waals surface area contributed by atoms with Gasteiger partial charge in [-0.2, -0.15) is 0 Å². The zero-order valence-electron chi connectivity index (χ0n) is 11.5. The molecule has 108 valence electrons. The molecule has 2 unspecified atom stereocenters. The molecule has 0 saturated heterocycles. The molecule has 2 atom stereocenters. The Balaban J connectivity index is 1.75. The first kappa shape index (κ1) is 13.5. The number of rotatable bonds is 5. The van der Waals surface area contributed by atoms with E-state index < -0.39 is 5.97 Å². The fraction of sp³-hybridized carbons (Fsp3) is 0.235. The number of hydrogen-bond acceptors (Lipinski definition) is 3. The molecule has 0 bridgehead atoms.